The Bertz CT molecular complexity index is 936. The Hall–Kier alpha value is -1.96. The molecule has 0 atom stereocenters. The Labute approximate surface area is 171 Å². The number of hydrogen-bond acceptors (Lipinski definition) is 5. The lowest BCUT2D eigenvalue weighted by Crippen LogP contribution is -2.51. The van der Waals surface area contributed by atoms with E-state index in [1.165, 1.54) is 56.4 Å². The molecular formula is C21H22F2N4OS. The summed E-state index contributed by atoms with van der Waals surface area (Å²) in [7, 11) is 0. The molecule has 0 saturated heterocycles. The normalized spacial score (nSPS) is 32.4. The average Bonchev–Trinajstić information content (AvgIpc) is 3.10. The first-order chi connectivity index (χ1) is 14.1. The zero-order valence-electron chi connectivity index (χ0n) is 15.9. The third-order valence-corrected chi connectivity index (χ3v) is 8.09. The minimum absolute atomic E-state index is 0.134. The summed E-state index contributed by atoms with van der Waals surface area (Å²) >= 11 is 1.71. The van der Waals surface area contributed by atoms with E-state index in [0.29, 0.717) is 5.82 Å². The van der Waals surface area contributed by atoms with Crippen molar-refractivity contribution in [1.29, 1.82) is 0 Å². The van der Waals surface area contributed by atoms with Crippen LogP contribution in [0.5, 0.6) is 5.75 Å². The van der Waals surface area contributed by atoms with Crippen molar-refractivity contribution < 1.29 is 13.5 Å². The number of alkyl halides is 2. The highest BCUT2D eigenvalue weighted by Crippen LogP contribution is 2.61. The van der Waals surface area contributed by atoms with Crippen molar-refractivity contribution in [2.24, 2.45) is 28.3 Å². The van der Waals surface area contributed by atoms with E-state index in [0.717, 1.165) is 34.2 Å². The Kier molecular flexibility index (Phi) is 4.02. The molecule has 1 aliphatic heterocycles. The summed E-state index contributed by atoms with van der Waals surface area (Å²) in [4.78, 5) is 0. The zero-order valence-corrected chi connectivity index (χ0v) is 16.7. The molecule has 29 heavy (non-hydrogen) atoms. The smallest absolute Gasteiger partial charge is 0.387 e. The number of nitrogens with zero attached hydrogens (tertiary/aromatic N) is 4. The molecule has 1 aromatic carbocycles. The van der Waals surface area contributed by atoms with Gasteiger partial charge in [0.25, 0.3) is 0 Å². The fraction of sp³-hybridized carbons (Fsp3) is 0.571. The maximum absolute atomic E-state index is 12.4. The molecule has 0 spiro atoms. The molecular weight excluding hydrogens is 394 g/mol. The Balaban J connectivity index is 1.34. The van der Waals surface area contributed by atoms with Gasteiger partial charge in [-0.1, -0.05) is 11.8 Å². The van der Waals surface area contributed by atoms with Crippen LogP contribution in [0, 0.1) is 23.2 Å². The van der Waals surface area contributed by atoms with Crippen molar-refractivity contribution in [2.75, 3.05) is 5.75 Å². The number of fused-ring (bicyclic) bond motifs is 1. The van der Waals surface area contributed by atoms with E-state index >= 15 is 0 Å². The molecule has 152 valence electrons. The molecule has 0 amide bonds. The van der Waals surface area contributed by atoms with E-state index in [2.05, 4.69) is 14.9 Å². The molecule has 4 saturated carbocycles. The van der Waals surface area contributed by atoms with Crippen LogP contribution in [0.25, 0.3) is 11.4 Å². The van der Waals surface area contributed by atoms with Gasteiger partial charge in [-0.2, -0.15) is 18.6 Å². The van der Waals surface area contributed by atoms with E-state index in [-0.39, 0.29) is 11.2 Å². The van der Waals surface area contributed by atoms with Gasteiger partial charge in [-0.15, -0.1) is 10.2 Å². The van der Waals surface area contributed by atoms with Crippen LogP contribution in [-0.4, -0.2) is 32.9 Å². The number of benzene rings is 1. The lowest BCUT2D eigenvalue weighted by Gasteiger charge is -2.57. The van der Waals surface area contributed by atoms with Gasteiger partial charge in [-0.3, -0.25) is 0 Å². The number of hydrogen-bond donors (Lipinski definition) is 0. The Morgan fingerprint density at radius 2 is 1.66 bits per heavy atom. The predicted octanol–water partition coefficient (Wildman–Crippen LogP) is 5.07. The minimum Gasteiger partial charge on any atom is -0.435 e. The summed E-state index contributed by atoms with van der Waals surface area (Å²) < 4.78 is 31.1. The van der Waals surface area contributed by atoms with Crippen LogP contribution in [0.2, 0.25) is 0 Å². The quantitative estimate of drug-likeness (QED) is 0.698. The van der Waals surface area contributed by atoms with Crippen molar-refractivity contribution in [3.8, 4) is 17.1 Å². The van der Waals surface area contributed by atoms with Crippen molar-refractivity contribution in [3.63, 3.8) is 0 Å². The molecule has 4 fully saturated rings. The summed E-state index contributed by atoms with van der Waals surface area (Å²) in [6.07, 6.45) is 8.09. The molecule has 8 heteroatoms. The van der Waals surface area contributed by atoms with Crippen molar-refractivity contribution in [3.05, 3.63) is 24.3 Å². The van der Waals surface area contributed by atoms with Gasteiger partial charge in [0.2, 0.25) is 5.16 Å². The topological polar surface area (TPSA) is 52.3 Å². The number of ether oxygens (including phenoxy) is 1. The van der Waals surface area contributed by atoms with Gasteiger partial charge in [0.05, 0.1) is 5.71 Å². The van der Waals surface area contributed by atoms with Crippen LogP contribution < -0.4 is 4.74 Å². The van der Waals surface area contributed by atoms with Crippen LogP contribution in [-0.2, 0) is 0 Å². The van der Waals surface area contributed by atoms with Gasteiger partial charge in [0.1, 0.15) is 5.75 Å². The molecule has 5 nitrogen and oxygen atoms in total. The van der Waals surface area contributed by atoms with Crippen LogP contribution >= 0.6 is 11.8 Å². The molecule has 7 rings (SSSR count). The minimum atomic E-state index is -2.83. The molecule has 4 bridgehead atoms. The SMILES string of the molecule is FC(F)Oc1ccc(-c2nnc3n2N=C(C24CC5CC(CC(C5)C2)C4)CS3)cc1. The van der Waals surface area contributed by atoms with Crippen molar-refractivity contribution in [2.45, 2.75) is 50.3 Å². The maximum atomic E-state index is 12.4. The average molecular weight is 416 g/mol. The lowest BCUT2D eigenvalue weighted by molar-refractivity contribution is -0.0498. The highest BCUT2D eigenvalue weighted by Gasteiger charge is 2.53. The molecule has 2 aromatic rings. The summed E-state index contributed by atoms with van der Waals surface area (Å²) in [6, 6.07) is 6.52. The Morgan fingerprint density at radius 1 is 1.00 bits per heavy atom. The highest BCUT2D eigenvalue weighted by atomic mass is 32.2. The van der Waals surface area contributed by atoms with Crippen LogP contribution in [0.15, 0.2) is 34.5 Å². The number of rotatable bonds is 4. The molecule has 1 aromatic heterocycles. The number of thioether (sulfide) groups is 1. The number of aromatic nitrogens is 3. The molecule has 0 radical (unpaired) electrons. The summed E-state index contributed by atoms with van der Waals surface area (Å²) in [5, 5.41) is 14.5. The van der Waals surface area contributed by atoms with Gasteiger partial charge in [0.15, 0.2) is 5.82 Å². The highest BCUT2D eigenvalue weighted by molar-refractivity contribution is 7.99. The molecule has 5 aliphatic rings. The van der Waals surface area contributed by atoms with E-state index in [1.54, 1.807) is 23.9 Å². The van der Waals surface area contributed by atoms with Gasteiger partial charge >= 0.3 is 6.61 Å². The van der Waals surface area contributed by atoms with E-state index in [4.69, 9.17) is 5.10 Å². The van der Waals surface area contributed by atoms with Crippen molar-refractivity contribution in [1.82, 2.24) is 14.9 Å². The fourth-order valence-electron chi connectivity index (χ4n) is 6.42. The molecule has 4 aliphatic carbocycles. The first-order valence-corrected chi connectivity index (χ1v) is 11.3. The van der Waals surface area contributed by atoms with Crippen molar-refractivity contribution >= 4 is 17.5 Å². The largest absolute Gasteiger partial charge is 0.435 e. The first kappa shape index (κ1) is 17.9. The number of halogens is 2. The predicted molar refractivity (Wildman–Crippen MR) is 106 cm³/mol. The van der Waals surface area contributed by atoms with E-state index in [9.17, 15) is 8.78 Å². The van der Waals surface area contributed by atoms with E-state index in [1.807, 2.05) is 4.68 Å². The molecule has 2 heterocycles. The maximum Gasteiger partial charge on any atom is 0.387 e. The van der Waals surface area contributed by atoms with Gasteiger partial charge in [-0.25, -0.2) is 0 Å². The van der Waals surface area contributed by atoms with Crippen LogP contribution in [0.3, 0.4) is 0 Å². The first-order valence-electron chi connectivity index (χ1n) is 10.3. The van der Waals surface area contributed by atoms with Gasteiger partial charge in [-0.05, 0) is 80.5 Å². The molecule has 0 unspecified atom stereocenters. The molecule has 0 N–H and O–H groups in total. The van der Waals surface area contributed by atoms with Crippen LogP contribution in [0.4, 0.5) is 8.78 Å². The van der Waals surface area contributed by atoms with Gasteiger partial charge < -0.3 is 4.74 Å². The third kappa shape index (κ3) is 2.98. The third-order valence-electron chi connectivity index (χ3n) is 7.16. The monoisotopic (exact) mass is 416 g/mol. The van der Waals surface area contributed by atoms with Gasteiger partial charge in [0, 0.05) is 16.7 Å². The summed E-state index contributed by atoms with van der Waals surface area (Å²) in [6.45, 7) is -2.83. The second-order valence-corrected chi connectivity index (χ2v) is 10.00. The van der Waals surface area contributed by atoms with E-state index < -0.39 is 6.61 Å². The fourth-order valence-corrected chi connectivity index (χ4v) is 7.39. The lowest BCUT2D eigenvalue weighted by atomic mass is 9.48. The van der Waals surface area contributed by atoms with Crippen LogP contribution in [0.1, 0.15) is 38.5 Å². The standard InChI is InChI=1S/C21H22F2N4OS/c22-19(23)28-16-3-1-15(2-4-16)18-24-25-20-27(18)26-17(11-29-20)21-8-12-5-13(9-21)7-14(6-12)10-21/h1-4,12-14,19H,5-11H2. The Morgan fingerprint density at radius 3 is 2.28 bits per heavy atom. The second kappa shape index (κ2) is 6.52. The summed E-state index contributed by atoms with van der Waals surface area (Å²) in [5.41, 5.74) is 2.35. The second-order valence-electron chi connectivity index (χ2n) is 9.05. The summed E-state index contributed by atoms with van der Waals surface area (Å²) in [5.74, 6) is 4.30. The zero-order chi connectivity index (χ0) is 19.6.